The minimum Gasteiger partial charge on any atom is -0.373 e. The zero-order valence-electron chi connectivity index (χ0n) is 10.8. The molecule has 1 aromatic rings. The van der Waals surface area contributed by atoms with Crippen molar-refractivity contribution in [2.45, 2.75) is 44.0 Å². The van der Waals surface area contributed by atoms with Gasteiger partial charge >= 0.3 is 6.18 Å². The van der Waals surface area contributed by atoms with Gasteiger partial charge in [-0.1, -0.05) is 12.1 Å². The van der Waals surface area contributed by atoms with Crippen molar-refractivity contribution in [3.05, 3.63) is 35.4 Å². The number of hydrogen-bond donors (Lipinski definition) is 1. The minimum atomic E-state index is -4.31. The molecule has 0 spiro atoms. The zero-order valence-corrected chi connectivity index (χ0v) is 10.8. The Bertz CT molecular complexity index is 421. The summed E-state index contributed by atoms with van der Waals surface area (Å²) in [6.45, 7) is 2.58. The molecule has 2 atom stereocenters. The van der Waals surface area contributed by atoms with E-state index in [4.69, 9.17) is 10.5 Å². The molecule has 1 aliphatic rings. The number of rotatable bonds is 2. The topological polar surface area (TPSA) is 35.2 Å². The van der Waals surface area contributed by atoms with E-state index in [1.165, 1.54) is 12.1 Å². The molecule has 1 aromatic carbocycles. The molecule has 2 nitrogen and oxygen atoms in total. The number of nitrogens with two attached hydrogens (primary N) is 1. The van der Waals surface area contributed by atoms with Crippen molar-refractivity contribution >= 4 is 0 Å². The minimum absolute atomic E-state index is 0.407. The Balaban J connectivity index is 2.17. The highest BCUT2D eigenvalue weighted by atomic mass is 19.4. The monoisotopic (exact) mass is 273 g/mol. The lowest BCUT2D eigenvalue weighted by atomic mass is 9.84. The van der Waals surface area contributed by atoms with Gasteiger partial charge in [-0.25, -0.2) is 0 Å². The lowest BCUT2D eigenvalue weighted by molar-refractivity contribution is -0.137. The summed E-state index contributed by atoms with van der Waals surface area (Å²) in [6, 6.07) is 4.62. The Morgan fingerprint density at radius 3 is 2.32 bits per heavy atom. The molecule has 1 saturated heterocycles. The zero-order chi connectivity index (χ0) is 14.1. The summed E-state index contributed by atoms with van der Waals surface area (Å²) in [5, 5.41) is 0. The fraction of sp³-hybridized carbons (Fsp3) is 0.571. The number of alkyl halides is 3. The molecule has 0 amide bonds. The molecule has 0 bridgehead atoms. The molecule has 19 heavy (non-hydrogen) atoms. The van der Waals surface area contributed by atoms with Crippen molar-refractivity contribution in [2.75, 3.05) is 6.61 Å². The van der Waals surface area contributed by atoms with Crippen LogP contribution in [0.4, 0.5) is 13.2 Å². The van der Waals surface area contributed by atoms with Crippen LogP contribution in [-0.4, -0.2) is 12.2 Å². The number of ether oxygens (including phenoxy) is 1. The van der Waals surface area contributed by atoms with Gasteiger partial charge in [0, 0.05) is 6.61 Å². The van der Waals surface area contributed by atoms with Crippen LogP contribution in [0.1, 0.15) is 43.4 Å². The second kappa shape index (κ2) is 5.13. The standard InChI is InChI=1S/C14H18F3NO/c1-13(8-2-3-9-19-13)12(18)10-4-6-11(7-5-10)14(15,16)17/h4-7,12H,2-3,8-9,18H2,1H3. The Kier molecular flexibility index (Phi) is 3.87. The first-order chi connectivity index (χ1) is 8.83. The van der Waals surface area contributed by atoms with E-state index in [-0.39, 0.29) is 0 Å². The third-order valence-electron chi connectivity index (χ3n) is 3.75. The van der Waals surface area contributed by atoms with Gasteiger partial charge in [0.05, 0.1) is 17.2 Å². The summed E-state index contributed by atoms with van der Waals surface area (Å²) in [6.07, 6.45) is -1.44. The van der Waals surface area contributed by atoms with Gasteiger partial charge in [-0.2, -0.15) is 13.2 Å². The molecule has 5 heteroatoms. The Morgan fingerprint density at radius 1 is 1.21 bits per heavy atom. The van der Waals surface area contributed by atoms with E-state index < -0.39 is 23.4 Å². The van der Waals surface area contributed by atoms with Gasteiger partial charge in [0.25, 0.3) is 0 Å². The second-order valence-corrected chi connectivity index (χ2v) is 5.22. The van der Waals surface area contributed by atoms with Crippen LogP contribution in [0.5, 0.6) is 0 Å². The maximum atomic E-state index is 12.5. The maximum absolute atomic E-state index is 12.5. The van der Waals surface area contributed by atoms with Crippen LogP contribution in [0.15, 0.2) is 24.3 Å². The molecule has 0 saturated carbocycles. The van der Waals surface area contributed by atoms with Crippen molar-refractivity contribution in [1.82, 2.24) is 0 Å². The average Bonchev–Trinajstić information content (AvgIpc) is 2.38. The molecule has 0 aliphatic carbocycles. The maximum Gasteiger partial charge on any atom is 0.416 e. The lowest BCUT2D eigenvalue weighted by Gasteiger charge is -2.39. The van der Waals surface area contributed by atoms with E-state index in [9.17, 15) is 13.2 Å². The van der Waals surface area contributed by atoms with Gasteiger partial charge in [-0.05, 0) is 43.9 Å². The van der Waals surface area contributed by atoms with Crippen LogP contribution in [0.25, 0.3) is 0 Å². The summed E-state index contributed by atoms with van der Waals surface area (Å²) in [5.41, 5.74) is 5.69. The smallest absolute Gasteiger partial charge is 0.373 e. The van der Waals surface area contributed by atoms with Crippen molar-refractivity contribution in [1.29, 1.82) is 0 Å². The summed E-state index contributed by atoms with van der Waals surface area (Å²) in [5.74, 6) is 0. The quantitative estimate of drug-likeness (QED) is 0.892. The molecule has 1 fully saturated rings. The first kappa shape index (κ1) is 14.3. The van der Waals surface area contributed by atoms with Crippen molar-refractivity contribution < 1.29 is 17.9 Å². The molecule has 1 heterocycles. The summed E-state index contributed by atoms with van der Waals surface area (Å²) in [7, 11) is 0. The van der Waals surface area contributed by atoms with Gasteiger partial charge in [-0.3, -0.25) is 0 Å². The van der Waals surface area contributed by atoms with Gasteiger partial charge in [0.15, 0.2) is 0 Å². The highest BCUT2D eigenvalue weighted by molar-refractivity contribution is 5.28. The summed E-state index contributed by atoms with van der Waals surface area (Å²) in [4.78, 5) is 0. The van der Waals surface area contributed by atoms with Gasteiger partial charge < -0.3 is 10.5 Å². The van der Waals surface area contributed by atoms with E-state index in [0.717, 1.165) is 31.4 Å². The first-order valence-electron chi connectivity index (χ1n) is 6.40. The Labute approximate surface area is 110 Å². The van der Waals surface area contributed by atoms with Crippen LogP contribution in [-0.2, 0) is 10.9 Å². The molecule has 106 valence electrons. The normalized spacial score (nSPS) is 26.2. The van der Waals surface area contributed by atoms with Crippen molar-refractivity contribution in [3.8, 4) is 0 Å². The van der Waals surface area contributed by atoms with E-state index in [0.29, 0.717) is 12.2 Å². The van der Waals surface area contributed by atoms with Crippen LogP contribution in [0, 0.1) is 0 Å². The molecular formula is C14H18F3NO. The van der Waals surface area contributed by atoms with Crippen LogP contribution in [0.2, 0.25) is 0 Å². The highest BCUT2D eigenvalue weighted by Gasteiger charge is 2.36. The van der Waals surface area contributed by atoms with Crippen LogP contribution >= 0.6 is 0 Å². The fourth-order valence-electron chi connectivity index (χ4n) is 2.43. The highest BCUT2D eigenvalue weighted by Crippen LogP contribution is 2.36. The predicted molar refractivity (Wildman–Crippen MR) is 66.6 cm³/mol. The lowest BCUT2D eigenvalue weighted by Crippen LogP contribution is -2.43. The average molecular weight is 273 g/mol. The molecule has 2 unspecified atom stereocenters. The molecular weight excluding hydrogens is 255 g/mol. The summed E-state index contributed by atoms with van der Waals surface area (Å²) >= 11 is 0. The molecule has 2 rings (SSSR count). The fourth-order valence-corrected chi connectivity index (χ4v) is 2.43. The largest absolute Gasteiger partial charge is 0.416 e. The number of hydrogen-bond acceptors (Lipinski definition) is 2. The van der Waals surface area contributed by atoms with Gasteiger partial charge in [-0.15, -0.1) is 0 Å². The van der Waals surface area contributed by atoms with Crippen molar-refractivity contribution in [2.24, 2.45) is 5.73 Å². The van der Waals surface area contributed by atoms with E-state index in [1.54, 1.807) is 0 Å². The summed E-state index contributed by atoms with van der Waals surface area (Å²) < 4.78 is 43.2. The van der Waals surface area contributed by atoms with E-state index in [2.05, 4.69) is 0 Å². The Morgan fingerprint density at radius 2 is 1.84 bits per heavy atom. The second-order valence-electron chi connectivity index (χ2n) is 5.22. The Hall–Kier alpha value is -1.07. The third kappa shape index (κ3) is 3.09. The molecule has 2 N–H and O–H groups in total. The molecule has 0 aromatic heterocycles. The number of halogens is 3. The molecule has 1 aliphatic heterocycles. The SMILES string of the molecule is CC1(C(N)c2ccc(C(F)(F)F)cc2)CCCCO1. The first-order valence-corrected chi connectivity index (χ1v) is 6.40. The van der Waals surface area contributed by atoms with Gasteiger partial charge in [0.2, 0.25) is 0 Å². The van der Waals surface area contributed by atoms with E-state index in [1.807, 2.05) is 6.92 Å². The van der Waals surface area contributed by atoms with Crippen molar-refractivity contribution in [3.63, 3.8) is 0 Å². The third-order valence-corrected chi connectivity index (χ3v) is 3.75. The van der Waals surface area contributed by atoms with Crippen LogP contribution < -0.4 is 5.73 Å². The van der Waals surface area contributed by atoms with E-state index >= 15 is 0 Å². The van der Waals surface area contributed by atoms with Crippen LogP contribution in [0.3, 0.4) is 0 Å². The predicted octanol–water partition coefficient (Wildman–Crippen LogP) is 3.66. The molecule has 0 radical (unpaired) electrons. The van der Waals surface area contributed by atoms with Gasteiger partial charge in [0.1, 0.15) is 0 Å². The number of benzene rings is 1.